The number of sulfonamides is 1. The van der Waals surface area contributed by atoms with Gasteiger partial charge in [-0.05, 0) is 38.7 Å². The van der Waals surface area contributed by atoms with Crippen molar-refractivity contribution in [1.29, 1.82) is 0 Å². The molecule has 1 aromatic heterocycles. The van der Waals surface area contributed by atoms with Gasteiger partial charge in [0.1, 0.15) is 5.56 Å². The number of carbonyl (C=O) groups excluding carboxylic acids is 1. The van der Waals surface area contributed by atoms with Gasteiger partial charge in [-0.15, -0.1) is 0 Å². The van der Waals surface area contributed by atoms with E-state index in [0.29, 0.717) is 5.16 Å². The number of amides is 1. The predicted molar refractivity (Wildman–Crippen MR) is 108 cm³/mol. The number of aromatic nitrogens is 2. The van der Waals surface area contributed by atoms with Crippen molar-refractivity contribution in [3.63, 3.8) is 0 Å². The van der Waals surface area contributed by atoms with Crippen molar-refractivity contribution in [2.45, 2.75) is 43.3 Å². The quantitative estimate of drug-likeness (QED) is 0.559. The van der Waals surface area contributed by atoms with Gasteiger partial charge in [0.15, 0.2) is 11.0 Å². The van der Waals surface area contributed by atoms with E-state index in [9.17, 15) is 13.2 Å². The van der Waals surface area contributed by atoms with Gasteiger partial charge in [-0.1, -0.05) is 36.4 Å². The number of anilines is 1. The molecule has 7 nitrogen and oxygen atoms in total. The number of nitrogens with zero attached hydrogens (tertiary/aromatic N) is 3. The van der Waals surface area contributed by atoms with Crippen LogP contribution < -0.4 is 9.62 Å². The highest BCUT2D eigenvalue weighted by atomic mass is 32.2. The summed E-state index contributed by atoms with van der Waals surface area (Å²) in [6.07, 6.45) is 3.90. The summed E-state index contributed by atoms with van der Waals surface area (Å²) in [5.74, 6) is -0.353. The van der Waals surface area contributed by atoms with Crippen molar-refractivity contribution in [3.8, 4) is 0 Å². The maximum atomic E-state index is 13.0. The summed E-state index contributed by atoms with van der Waals surface area (Å²) in [5, 5.41) is 3.22. The smallest absolute Gasteiger partial charge is 0.265 e. The topological polar surface area (TPSA) is 92.3 Å². The summed E-state index contributed by atoms with van der Waals surface area (Å²) in [5.41, 5.74) is 1.07. The Morgan fingerprint density at radius 1 is 1.30 bits per heavy atom. The molecule has 0 radical (unpaired) electrons. The largest absolute Gasteiger partial charge is 0.349 e. The monoisotopic (exact) mass is 408 g/mol. The molecule has 0 aliphatic rings. The molecule has 1 N–H and O–H groups in total. The van der Waals surface area contributed by atoms with Gasteiger partial charge in [0, 0.05) is 19.3 Å². The minimum atomic E-state index is -3.87. The molecule has 27 heavy (non-hydrogen) atoms. The van der Waals surface area contributed by atoms with Gasteiger partial charge >= 0.3 is 0 Å². The summed E-state index contributed by atoms with van der Waals surface area (Å²) < 4.78 is 27.1. The minimum Gasteiger partial charge on any atom is -0.349 e. The van der Waals surface area contributed by atoms with Crippen LogP contribution in [0.1, 0.15) is 36.2 Å². The lowest BCUT2D eigenvalue weighted by molar-refractivity contribution is 0.0939. The average molecular weight is 409 g/mol. The molecule has 0 spiro atoms. The number of rotatable bonds is 7. The van der Waals surface area contributed by atoms with Gasteiger partial charge in [-0.2, -0.15) is 0 Å². The predicted octanol–water partition coefficient (Wildman–Crippen LogP) is 2.86. The van der Waals surface area contributed by atoms with Crippen molar-refractivity contribution in [2.24, 2.45) is 0 Å². The van der Waals surface area contributed by atoms with E-state index >= 15 is 0 Å². The lowest BCUT2D eigenvalue weighted by atomic mass is 10.2. The summed E-state index contributed by atoms with van der Waals surface area (Å²) in [6.45, 7) is 5.71. The Morgan fingerprint density at radius 3 is 2.48 bits per heavy atom. The number of carbonyl (C=O) groups is 1. The van der Waals surface area contributed by atoms with Gasteiger partial charge in [0.05, 0.1) is 4.90 Å². The number of nitrogens with one attached hydrogen (secondary N) is 1. The van der Waals surface area contributed by atoms with Gasteiger partial charge in [-0.25, -0.2) is 18.4 Å². The molecule has 1 amide bonds. The molecule has 0 aliphatic carbocycles. The molecule has 0 aliphatic heterocycles. The fraction of sp³-hybridized carbons (Fsp3) is 0.389. The zero-order valence-electron chi connectivity index (χ0n) is 16.1. The van der Waals surface area contributed by atoms with Crippen LogP contribution in [0.3, 0.4) is 0 Å². The molecule has 0 fully saturated rings. The van der Waals surface area contributed by atoms with Crippen LogP contribution in [-0.2, 0) is 10.0 Å². The Morgan fingerprint density at radius 2 is 1.93 bits per heavy atom. The van der Waals surface area contributed by atoms with Crippen LogP contribution in [0.5, 0.6) is 0 Å². The summed E-state index contributed by atoms with van der Waals surface area (Å²) in [7, 11) is -2.48. The van der Waals surface area contributed by atoms with Crippen LogP contribution in [0.2, 0.25) is 0 Å². The third-order valence-corrected chi connectivity index (χ3v) is 6.46. The van der Waals surface area contributed by atoms with Crippen LogP contribution >= 0.6 is 11.8 Å². The number of hydrogen-bond donors (Lipinski definition) is 1. The highest BCUT2D eigenvalue weighted by Gasteiger charge is 2.27. The van der Waals surface area contributed by atoms with Crippen molar-refractivity contribution >= 4 is 33.5 Å². The normalized spacial score (nSPS) is 12.5. The summed E-state index contributed by atoms with van der Waals surface area (Å²) in [4.78, 5) is 21.2. The van der Waals surface area contributed by atoms with Crippen LogP contribution in [0.15, 0.2) is 40.5 Å². The lowest BCUT2D eigenvalue weighted by Crippen LogP contribution is -2.35. The van der Waals surface area contributed by atoms with E-state index in [-0.39, 0.29) is 22.3 Å². The molecular weight excluding hydrogens is 384 g/mol. The Labute approximate surface area is 164 Å². The second-order valence-corrected chi connectivity index (χ2v) is 8.90. The number of aryl methyl sites for hydroxylation is 1. The van der Waals surface area contributed by atoms with Gasteiger partial charge in [0.2, 0.25) is 0 Å². The standard InChI is InChI=1S/C18H24N4O3S2/c1-6-13(3)20-17(23)15-11-19-18(26-5)21-16(15)22(4)27(24,25)14-9-7-12(2)8-10-14/h7-11,13H,6H2,1-5H3,(H,20,23)/t13-/m1/s1. The Bertz CT molecular complexity index is 915. The van der Waals surface area contributed by atoms with E-state index in [2.05, 4.69) is 15.3 Å². The molecule has 0 bridgehead atoms. The van der Waals surface area contributed by atoms with E-state index in [4.69, 9.17) is 0 Å². The minimum absolute atomic E-state index is 0.0513. The molecule has 146 valence electrons. The third kappa shape index (κ3) is 4.78. The van der Waals surface area contributed by atoms with E-state index in [1.54, 1.807) is 18.4 Å². The molecule has 2 rings (SSSR count). The number of benzene rings is 1. The van der Waals surface area contributed by atoms with Crippen LogP contribution in [-0.4, -0.2) is 43.6 Å². The molecule has 0 unspecified atom stereocenters. The fourth-order valence-corrected chi connectivity index (χ4v) is 3.74. The average Bonchev–Trinajstić information content (AvgIpc) is 2.66. The van der Waals surface area contributed by atoms with E-state index in [1.807, 2.05) is 20.8 Å². The van der Waals surface area contributed by atoms with Gasteiger partial charge < -0.3 is 5.32 Å². The second-order valence-electron chi connectivity index (χ2n) is 6.16. The maximum absolute atomic E-state index is 13.0. The molecule has 0 saturated carbocycles. The van der Waals surface area contributed by atoms with E-state index < -0.39 is 15.9 Å². The Hall–Kier alpha value is -2.13. The lowest BCUT2D eigenvalue weighted by Gasteiger charge is -2.22. The van der Waals surface area contributed by atoms with Crippen molar-refractivity contribution in [3.05, 3.63) is 41.6 Å². The second kappa shape index (κ2) is 8.71. The fourth-order valence-electron chi connectivity index (χ4n) is 2.24. The van der Waals surface area contributed by atoms with Crippen molar-refractivity contribution < 1.29 is 13.2 Å². The molecule has 1 heterocycles. The van der Waals surface area contributed by atoms with Gasteiger partial charge in [0.25, 0.3) is 15.9 Å². The van der Waals surface area contributed by atoms with Crippen LogP contribution in [0.4, 0.5) is 5.82 Å². The highest BCUT2D eigenvalue weighted by Crippen LogP contribution is 2.25. The van der Waals surface area contributed by atoms with E-state index in [1.165, 1.54) is 37.1 Å². The summed E-state index contributed by atoms with van der Waals surface area (Å²) >= 11 is 1.27. The molecule has 1 aromatic carbocycles. The van der Waals surface area contributed by atoms with Crippen LogP contribution in [0.25, 0.3) is 0 Å². The SMILES string of the molecule is CC[C@@H](C)NC(=O)c1cnc(SC)nc1N(C)S(=O)(=O)c1ccc(C)cc1. The first kappa shape index (κ1) is 21.2. The first-order valence-corrected chi connectivity index (χ1v) is 11.1. The van der Waals surface area contributed by atoms with Crippen molar-refractivity contribution in [2.75, 3.05) is 17.6 Å². The Balaban J connectivity index is 2.51. The van der Waals surface area contributed by atoms with Crippen molar-refractivity contribution in [1.82, 2.24) is 15.3 Å². The summed E-state index contributed by atoms with van der Waals surface area (Å²) in [6, 6.07) is 6.48. The zero-order chi connectivity index (χ0) is 20.2. The third-order valence-electron chi connectivity index (χ3n) is 4.14. The van der Waals surface area contributed by atoms with E-state index in [0.717, 1.165) is 16.3 Å². The molecule has 1 atom stereocenters. The zero-order valence-corrected chi connectivity index (χ0v) is 17.7. The first-order chi connectivity index (χ1) is 12.7. The van der Waals surface area contributed by atoms with Gasteiger partial charge in [-0.3, -0.25) is 9.10 Å². The molecule has 0 saturated heterocycles. The number of thioether (sulfide) groups is 1. The number of hydrogen-bond acceptors (Lipinski definition) is 6. The molecule has 2 aromatic rings. The maximum Gasteiger partial charge on any atom is 0.265 e. The first-order valence-electron chi connectivity index (χ1n) is 8.48. The highest BCUT2D eigenvalue weighted by molar-refractivity contribution is 7.98. The Kier molecular flexibility index (Phi) is 6.83. The molecular formula is C18H24N4O3S2. The molecule has 9 heteroatoms. The van der Waals surface area contributed by atoms with Crippen LogP contribution in [0, 0.1) is 6.92 Å².